The van der Waals surface area contributed by atoms with Gasteiger partial charge in [-0.15, -0.1) is 0 Å². The number of hydrogen-bond acceptors (Lipinski definition) is 2. The maximum absolute atomic E-state index is 8.38. The van der Waals surface area contributed by atoms with E-state index in [2.05, 4.69) is 11.8 Å². The van der Waals surface area contributed by atoms with Gasteiger partial charge in [0.15, 0.2) is 0 Å². The Hall–Kier alpha value is 1.04. The first-order chi connectivity index (χ1) is 3.12. The fourth-order valence-electron chi connectivity index (χ4n) is 0.0707. The summed E-state index contributed by atoms with van der Waals surface area (Å²) >= 11 is 4.69. The molecule has 0 aliphatic rings. The number of rotatable bonds is 2. The lowest BCUT2D eigenvalue weighted by atomic mass is 11.0. The highest BCUT2D eigenvalue weighted by molar-refractivity contribution is 8.37. The first kappa shape index (κ1) is 5.18. The lowest BCUT2D eigenvalue weighted by Crippen LogP contribution is -1.52. The summed E-state index contributed by atoms with van der Waals surface area (Å²) in [5.41, 5.74) is 0. The summed E-state index contributed by atoms with van der Waals surface area (Å²) in [7, 11) is -0.323. The Morgan fingerprint density at radius 1 is 2.33 bits per heavy atom. The molecule has 6 heavy (non-hydrogen) atoms. The fraction of sp³-hybridized carbons (Fsp3) is 1.00. The fourth-order valence-corrected chi connectivity index (χ4v) is 0.636. The topological polar surface area (TPSA) is 20.2 Å². The summed E-state index contributed by atoms with van der Waals surface area (Å²) in [6.07, 6.45) is -1.34. The second-order valence-electron chi connectivity index (χ2n) is 0.795. The van der Waals surface area contributed by atoms with Crippen LogP contribution in [-0.4, -0.2) is 12.3 Å². The monoisotopic (exact) mass is 144 g/mol. The van der Waals surface area contributed by atoms with E-state index in [-0.39, 0.29) is 8.50 Å². The van der Waals surface area contributed by atoms with Crippen LogP contribution in [0.1, 0.15) is 6.92 Å². The van der Waals surface area contributed by atoms with Gasteiger partial charge in [0.1, 0.15) is 0 Å². The van der Waals surface area contributed by atoms with Crippen LogP contribution in [-0.2, 0) is 11.8 Å². The highest BCUT2D eigenvalue weighted by atomic mass is 32.6. The molecule has 0 bridgehead atoms. The third kappa shape index (κ3) is 3.24. The van der Waals surface area contributed by atoms with E-state index in [4.69, 9.17) is 6.17 Å². The smallest absolute Gasteiger partial charge is 0.0758 e. The Labute approximate surface area is 46.6 Å². The van der Waals surface area contributed by atoms with Crippen molar-refractivity contribution >= 4 is 26.6 Å². The van der Waals surface area contributed by atoms with Gasteiger partial charge in [-0.1, -0.05) is 18.7 Å². The third-order valence-corrected chi connectivity index (χ3v) is 4.32. The Kier molecular flexibility index (Phi) is 3.63. The summed E-state index contributed by atoms with van der Waals surface area (Å²) < 4.78 is 7.11. The van der Waals surface area contributed by atoms with E-state index in [0.29, 0.717) is 6.16 Å². The minimum absolute atomic E-state index is 0.323. The molecule has 0 heterocycles. The maximum Gasteiger partial charge on any atom is 0.0758 e. The van der Waals surface area contributed by atoms with Crippen LogP contribution >= 0.6 is 14.8 Å². The van der Waals surface area contributed by atoms with E-state index in [1.54, 1.807) is 0 Å². The van der Waals surface area contributed by atoms with Crippen molar-refractivity contribution in [2.75, 3.05) is 6.16 Å². The van der Waals surface area contributed by atoms with Crippen LogP contribution in [0.3, 0.4) is 0 Å². The molecule has 2 unspecified atom stereocenters. The molecule has 38 valence electrons. The lowest BCUT2D eigenvalue weighted by molar-refractivity contribution is 0.659. The molecule has 0 aliphatic carbocycles. The zero-order chi connectivity index (χ0) is 5.91. The van der Waals surface area contributed by atoms with Crippen molar-refractivity contribution in [2.45, 2.75) is 6.92 Å². The van der Waals surface area contributed by atoms with Gasteiger partial charge in [0, 0.05) is 8.50 Å². The van der Waals surface area contributed by atoms with Gasteiger partial charge in [-0.3, -0.25) is 0 Å². The zero-order valence-corrected chi connectivity index (χ0v) is 6.22. The van der Waals surface area contributed by atoms with E-state index in [9.17, 15) is 0 Å². The first-order valence-corrected chi connectivity index (χ1v) is 5.98. The van der Waals surface area contributed by atoms with Crippen molar-refractivity contribution in [3.8, 4) is 0 Å². The van der Waals surface area contributed by atoms with E-state index in [1.807, 2.05) is 6.92 Å². The molecule has 4 heteroatoms. The van der Waals surface area contributed by atoms with Crippen LogP contribution < -0.4 is 0 Å². The molecule has 0 aromatic heterocycles. The van der Waals surface area contributed by atoms with Gasteiger partial charge in [-0.05, 0) is 12.5 Å². The molecule has 0 rings (SSSR count). The van der Waals surface area contributed by atoms with E-state index in [0.717, 1.165) is 0 Å². The quantitative estimate of drug-likeness (QED) is 0.587. The van der Waals surface area contributed by atoms with Gasteiger partial charge < -0.3 is 4.89 Å². The molecular formula is C2H8OP2S. The maximum atomic E-state index is 8.38. The predicted molar refractivity (Wildman–Crippen MR) is 36.8 cm³/mol. The second-order valence-corrected chi connectivity index (χ2v) is 6.90. The van der Waals surface area contributed by atoms with Crippen molar-refractivity contribution < 1.29 is 4.89 Å². The molecule has 0 aromatic carbocycles. The standard InChI is InChI=1S/C2H8OP2S/c1-2-5(6)4-3/h3-5H,2H2,1H3/i5T. The summed E-state index contributed by atoms with van der Waals surface area (Å²) in [5.74, 6) is 0. The molecule has 0 aromatic rings. The highest BCUT2D eigenvalue weighted by Crippen LogP contribution is 2.40. The van der Waals surface area contributed by atoms with Gasteiger partial charge in [0.05, 0.1) is 1.28 Å². The largest absolute Gasteiger partial charge is 0.372 e. The molecule has 0 saturated carbocycles. The second kappa shape index (κ2) is 4.21. The van der Waals surface area contributed by atoms with Crippen molar-refractivity contribution in [3.63, 3.8) is 0 Å². The molecule has 2 atom stereocenters. The minimum atomic E-state index is -1.99. The van der Waals surface area contributed by atoms with E-state index in [1.165, 1.54) is 0 Å². The molecule has 0 aliphatic heterocycles. The van der Waals surface area contributed by atoms with Gasteiger partial charge in [-0.25, -0.2) is 0 Å². The van der Waals surface area contributed by atoms with Crippen molar-refractivity contribution in [1.82, 2.24) is 0 Å². The third-order valence-electron chi connectivity index (χ3n) is 0.399. The Balaban J connectivity index is 3.61. The lowest BCUT2D eigenvalue weighted by Gasteiger charge is -1.87. The van der Waals surface area contributed by atoms with Gasteiger partial charge in [0.2, 0.25) is 0 Å². The van der Waals surface area contributed by atoms with Gasteiger partial charge >= 0.3 is 0 Å². The predicted octanol–water partition coefficient (Wildman–Crippen LogP) is 1.18. The van der Waals surface area contributed by atoms with Crippen LogP contribution in [0.15, 0.2) is 0 Å². The molecule has 0 amide bonds. The SMILES string of the molecule is [3H]P(=S)(CC)PO. The Morgan fingerprint density at radius 3 is 2.83 bits per heavy atom. The summed E-state index contributed by atoms with van der Waals surface area (Å²) in [6, 6.07) is 0. The molecule has 1 N–H and O–H groups in total. The zero-order valence-electron chi connectivity index (χ0n) is 4.51. The normalized spacial score (nSPS) is 24.0. The average Bonchev–Trinajstić information content (AvgIpc) is 1.68. The van der Waals surface area contributed by atoms with Crippen molar-refractivity contribution in [2.24, 2.45) is 0 Å². The van der Waals surface area contributed by atoms with Gasteiger partial charge in [-0.2, -0.15) is 0 Å². The highest BCUT2D eigenvalue weighted by Gasteiger charge is 1.80. The van der Waals surface area contributed by atoms with Crippen LogP contribution in [0.5, 0.6) is 0 Å². The van der Waals surface area contributed by atoms with Crippen LogP contribution in [0.25, 0.3) is 0 Å². The number of hydrogen-bond donors (Lipinski definition) is 1. The summed E-state index contributed by atoms with van der Waals surface area (Å²) in [4.78, 5) is 8.38. The van der Waals surface area contributed by atoms with Crippen molar-refractivity contribution in [1.29, 1.82) is 1.28 Å². The summed E-state index contributed by atoms with van der Waals surface area (Å²) in [5, 5.41) is 0. The van der Waals surface area contributed by atoms with E-state index < -0.39 is 6.33 Å². The molecule has 0 spiro atoms. The molecule has 0 radical (unpaired) electrons. The molecule has 1 nitrogen and oxygen atoms in total. The van der Waals surface area contributed by atoms with Crippen LogP contribution in [0.4, 0.5) is 0 Å². The summed E-state index contributed by atoms with van der Waals surface area (Å²) in [6.45, 7) is 1.84. The Morgan fingerprint density at radius 2 is 2.83 bits per heavy atom. The van der Waals surface area contributed by atoms with Crippen molar-refractivity contribution in [3.05, 3.63) is 0 Å². The minimum Gasteiger partial charge on any atom is -0.372 e. The molecular weight excluding hydrogens is 134 g/mol. The first-order valence-electron chi connectivity index (χ1n) is 2.10. The molecule has 0 fully saturated rings. The van der Waals surface area contributed by atoms with E-state index >= 15 is 0 Å². The van der Waals surface area contributed by atoms with Gasteiger partial charge in [0.25, 0.3) is 0 Å². The van der Waals surface area contributed by atoms with Crippen LogP contribution in [0, 0.1) is 0 Å². The van der Waals surface area contributed by atoms with Crippen LogP contribution in [0.2, 0.25) is 0 Å². The average molecular weight is 144 g/mol. The Bertz CT molecular complexity index is 87.7. The molecule has 0 saturated heterocycles.